The van der Waals surface area contributed by atoms with E-state index in [0.717, 1.165) is 12.1 Å². The summed E-state index contributed by atoms with van der Waals surface area (Å²) in [5, 5.41) is 4.27. The first kappa shape index (κ1) is 13.6. The Morgan fingerprint density at radius 1 is 1.38 bits per heavy atom. The van der Waals surface area contributed by atoms with Gasteiger partial charge in [0.2, 0.25) is 0 Å². The van der Waals surface area contributed by atoms with Crippen LogP contribution in [0.2, 0.25) is 10.0 Å². The van der Waals surface area contributed by atoms with Gasteiger partial charge in [-0.3, -0.25) is 0 Å². The summed E-state index contributed by atoms with van der Waals surface area (Å²) in [4.78, 5) is 0. The fourth-order valence-electron chi connectivity index (χ4n) is 1.35. The highest BCUT2D eigenvalue weighted by molar-refractivity contribution is 6.38. The first-order chi connectivity index (χ1) is 7.56. The van der Waals surface area contributed by atoms with Crippen LogP contribution >= 0.6 is 23.2 Å². The molecule has 0 fully saturated rings. The molecule has 0 radical (unpaired) electrons. The second-order valence-electron chi connectivity index (χ2n) is 3.57. The molecule has 0 aliphatic heterocycles. The van der Waals surface area contributed by atoms with Gasteiger partial charge in [0.1, 0.15) is 0 Å². The van der Waals surface area contributed by atoms with E-state index < -0.39 is 0 Å². The first-order valence-corrected chi connectivity index (χ1v) is 5.78. The molecule has 5 heteroatoms. The van der Waals surface area contributed by atoms with E-state index in [0.29, 0.717) is 22.3 Å². The minimum absolute atomic E-state index is 0.158. The molecule has 0 aromatic heterocycles. The van der Waals surface area contributed by atoms with Gasteiger partial charge in [-0.2, -0.15) is 0 Å². The molecule has 1 atom stereocenters. The van der Waals surface area contributed by atoms with Crippen LogP contribution in [0.5, 0.6) is 0 Å². The van der Waals surface area contributed by atoms with Gasteiger partial charge in [-0.25, -0.2) is 0 Å². The van der Waals surface area contributed by atoms with Crippen molar-refractivity contribution in [3.8, 4) is 0 Å². The summed E-state index contributed by atoms with van der Waals surface area (Å²) in [6.07, 6.45) is 0. The molecular weight excluding hydrogens is 247 g/mol. The van der Waals surface area contributed by atoms with Gasteiger partial charge in [0.15, 0.2) is 0 Å². The molecule has 0 spiro atoms. The van der Waals surface area contributed by atoms with Crippen LogP contribution in [-0.4, -0.2) is 20.3 Å². The highest BCUT2D eigenvalue weighted by Gasteiger charge is 2.09. The average molecular weight is 263 g/mol. The maximum Gasteiger partial charge on any atom is 0.0693 e. The number of methoxy groups -OCH3 is 1. The third-order valence-corrected chi connectivity index (χ3v) is 2.98. The zero-order valence-corrected chi connectivity index (χ0v) is 10.9. The lowest BCUT2D eigenvalue weighted by Gasteiger charge is -2.15. The Kier molecular flexibility index (Phi) is 5.35. The van der Waals surface area contributed by atoms with Crippen LogP contribution in [-0.2, 0) is 4.74 Å². The van der Waals surface area contributed by atoms with E-state index in [1.807, 2.05) is 19.1 Å². The number of hydrogen-bond donors (Lipinski definition) is 2. The molecule has 0 bridgehead atoms. The van der Waals surface area contributed by atoms with E-state index in [1.54, 1.807) is 7.11 Å². The Hall–Kier alpha value is -0.480. The maximum atomic E-state index is 5.96. The number of benzene rings is 1. The number of nitrogen functional groups attached to an aromatic ring is 1. The van der Waals surface area contributed by atoms with E-state index in [1.165, 1.54) is 0 Å². The van der Waals surface area contributed by atoms with Crippen molar-refractivity contribution >= 4 is 28.9 Å². The molecule has 0 saturated carbocycles. The van der Waals surface area contributed by atoms with Crippen molar-refractivity contribution < 1.29 is 4.74 Å². The summed E-state index contributed by atoms with van der Waals surface area (Å²) < 4.78 is 4.96. The van der Waals surface area contributed by atoms with Crippen LogP contribution in [0.25, 0.3) is 0 Å². The third kappa shape index (κ3) is 3.52. The van der Waals surface area contributed by atoms with E-state index >= 15 is 0 Å². The molecular formula is C11H16Cl2N2O. The van der Waals surface area contributed by atoms with Crippen molar-refractivity contribution in [1.29, 1.82) is 0 Å². The number of anilines is 1. The van der Waals surface area contributed by atoms with Gasteiger partial charge >= 0.3 is 0 Å². The lowest BCUT2D eigenvalue weighted by molar-refractivity contribution is 0.196. The summed E-state index contributed by atoms with van der Waals surface area (Å²) in [5.41, 5.74) is 7.11. The van der Waals surface area contributed by atoms with Crippen LogP contribution in [0.15, 0.2) is 12.1 Å². The highest BCUT2D eigenvalue weighted by Crippen LogP contribution is 2.30. The van der Waals surface area contributed by atoms with Gasteiger partial charge in [0.05, 0.1) is 22.3 Å². The SMILES string of the molecule is COCCNC(C)c1cc(Cl)c(N)c(Cl)c1. The van der Waals surface area contributed by atoms with Crippen molar-refractivity contribution in [3.05, 3.63) is 27.7 Å². The van der Waals surface area contributed by atoms with Gasteiger partial charge in [-0.05, 0) is 24.6 Å². The fraction of sp³-hybridized carbons (Fsp3) is 0.455. The molecule has 3 N–H and O–H groups in total. The van der Waals surface area contributed by atoms with E-state index in [2.05, 4.69) is 5.32 Å². The van der Waals surface area contributed by atoms with Crippen LogP contribution in [0.4, 0.5) is 5.69 Å². The molecule has 16 heavy (non-hydrogen) atoms. The molecule has 90 valence electrons. The molecule has 1 rings (SSSR count). The minimum Gasteiger partial charge on any atom is -0.396 e. The first-order valence-electron chi connectivity index (χ1n) is 5.03. The molecule has 0 aliphatic rings. The average Bonchev–Trinajstić information content (AvgIpc) is 2.25. The van der Waals surface area contributed by atoms with Gasteiger partial charge in [-0.15, -0.1) is 0 Å². The lowest BCUT2D eigenvalue weighted by atomic mass is 10.1. The van der Waals surface area contributed by atoms with Gasteiger partial charge < -0.3 is 15.8 Å². The van der Waals surface area contributed by atoms with Crippen molar-refractivity contribution in [2.45, 2.75) is 13.0 Å². The Balaban J connectivity index is 2.72. The molecule has 1 unspecified atom stereocenters. The number of hydrogen-bond acceptors (Lipinski definition) is 3. The summed E-state index contributed by atoms with van der Waals surface area (Å²) in [6, 6.07) is 3.81. The van der Waals surface area contributed by atoms with Crippen LogP contribution < -0.4 is 11.1 Å². The minimum atomic E-state index is 0.158. The molecule has 1 aromatic carbocycles. The Bertz CT molecular complexity index is 335. The largest absolute Gasteiger partial charge is 0.396 e. The van der Waals surface area contributed by atoms with Crippen LogP contribution in [0.1, 0.15) is 18.5 Å². The zero-order chi connectivity index (χ0) is 12.1. The summed E-state index contributed by atoms with van der Waals surface area (Å²) in [6.45, 7) is 3.48. The topological polar surface area (TPSA) is 47.3 Å². The molecule has 0 heterocycles. The van der Waals surface area contributed by atoms with E-state index in [4.69, 9.17) is 33.7 Å². The van der Waals surface area contributed by atoms with Gasteiger partial charge in [0.25, 0.3) is 0 Å². The number of nitrogens with two attached hydrogens (primary N) is 1. The molecule has 0 aliphatic carbocycles. The summed E-state index contributed by atoms with van der Waals surface area (Å²) in [7, 11) is 1.67. The number of ether oxygens (including phenoxy) is 1. The number of rotatable bonds is 5. The normalized spacial score (nSPS) is 12.8. The lowest BCUT2D eigenvalue weighted by Crippen LogP contribution is -2.22. The highest BCUT2D eigenvalue weighted by atomic mass is 35.5. The molecule has 1 aromatic rings. The van der Waals surface area contributed by atoms with Crippen molar-refractivity contribution in [3.63, 3.8) is 0 Å². The number of nitrogens with one attached hydrogen (secondary N) is 1. The van der Waals surface area contributed by atoms with Gasteiger partial charge in [0, 0.05) is 19.7 Å². The summed E-state index contributed by atoms with van der Waals surface area (Å²) in [5.74, 6) is 0. The second kappa shape index (κ2) is 6.30. The van der Waals surface area contributed by atoms with Crippen molar-refractivity contribution in [2.24, 2.45) is 0 Å². The maximum absolute atomic E-state index is 5.96. The predicted molar refractivity (Wildman–Crippen MR) is 69.2 cm³/mol. The zero-order valence-electron chi connectivity index (χ0n) is 9.39. The smallest absolute Gasteiger partial charge is 0.0693 e. The Morgan fingerprint density at radius 3 is 2.44 bits per heavy atom. The Labute approximate surface area is 106 Å². The van der Waals surface area contributed by atoms with E-state index in [9.17, 15) is 0 Å². The monoisotopic (exact) mass is 262 g/mol. The molecule has 3 nitrogen and oxygen atoms in total. The Morgan fingerprint density at radius 2 is 1.94 bits per heavy atom. The van der Waals surface area contributed by atoms with Crippen LogP contribution in [0, 0.1) is 0 Å². The van der Waals surface area contributed by atoms with Crippen molar-refractivity contribution in [2.75, 3.05) is 26.0 Å². The third-order valence-electron chi connectivity index (χ3n) is 2.36. The van der Waals surface area contributed by atoms with Crippen molar-refractivity contribution in [1.82, 2.24) is 5.32 Å². The second-order valence-corrected chi connectivity index (χ2v) is 4.38. The quantitative estimate of drug-likeness (QED) is 0.634. The fourth-order valence-corrected chi connectivity index (χ4v) is 1.85. The standard InChI is InChI=1S/C11H16Cl2N2O/c1-7(15-3-4-16-2)8-5-9(12)11(14)10(13)6-8/h5-7,15H,3-4,14H2,1-2H3. The molecule has 0 saturated heterocycles. The molecule has 0 amide bonds. The predicted octanol–water partition coefficient (Wildman–Crippen LogP) is 2.87. The van der Waals surface area contributed by atoms with Crippen LogP contribution in [0.3, 0.4) is 0 Å². The summed E-state index contributed by atoms with van der Waals surface area (Å²) >= 11 is 11.9. The van der Waals surface area contributed by atoms with Gasteiger partial charge in [-0.1, -0.05) is 23.2 Å². The van der Waals surface area contributed by atoms with E-state index in [-0.39, 0.29) is 6.04 Å². The number of halogens is 2.